The zero-order valence-electron chi connectivity index (χ0n) is 16.9. The van der Waals surface area contributed by atoms with Crippen molar-refractivity contribution in [1.82, 2.24) is 10.2 Å². The molecule has 1 aliphatic heterocycles. The molecule has 1 heterocycles. The van der Waals surface area contributed by atoms with Crippen LogP contribution in [0.25, 0.3) is 0 Å². The monoisotopic (exact) mass is 381 g/mol. The van der Waals surface area contributed by atoms with Crippen LogP contribution in [0.15, 0.2) is 54.6 Å². The Bertz CT molecular complexity index is 743. The number of carbonyl (C=O) groups excluding carboxylic acids is 1. The molecule has 5 heteroatoms. The average Bonchev–Trinajstić information content (AvgIpc) is 2.73. The van der Waals surface area contributed by atoms with Crippen molar-refractivity contribution >= 4 is 11.6 Å². The van der Waals surface area contributed by atoms with Crippen molar-refractivity contribution in [3.8, 4) is 0 Å². The Hall–Kier alpha value is -2.37. The average molecular weight is 382 g/mol. The van der Waals surface area contributed by atoms with Gasteiger partial charge < -0.3 is 15.0 Å². The molecule has 0 saturated carbocycles. The number of rotatable bonds is 8. The molecule has 1 aliphatic rings. The lowest BCUT2D eigenvalue weighted by molar-refractivity contribution is -0.132. The van der Waals surface area contributed by atoms with Crippen molar-refractivity contribution in [2.75, 3.05) is 44.2 Å². The molecule has 0 spiro atoms. The zero-order chi connectivity index (χ0) is 19.8. The normalized spacial score (nSPS) is 16.0. The van der Waals surface area contributed by atoms with Crippen LogP contribution >= 0.6 is 0 Å². The van der Waals surface area contributed by atoms with Gasteiger partial charge in [0.25, 0.3) is 0 Å². The summed E-state index contributed by atoms with van der Waals surface area (Å²) in [6.07, 6.45) is -0.446. The van der Waals surface area contributed by atoms with E-state index in [4.69, 9.17) is 4.74 Å². The summed E-state index contributed by atoms with van der Waals surface area (Å²) in [7, 11) is 0. The number of nitrogens with zero attached hydrogens (tertiary/aromatic N) is 2. The maximum absolute atomic E-state index is 12.2. The number of anilines is 1. The topological polar surface area (TPSA) is 44.8 Å². The van der Waals surface area contributed by atoms with Gasteiger partial charge in [0.1, 0.15) is 6.10 Å². The van der Waals surface area contributed by atoms with E-state index in [1.807, 2.05) is 30.3 Å². The van der Waals surface area contributed by atoms with Crippen LogP contribution in [0, 0.1) is 6.92 Å². The summed E-state index contributed by atoms with van der Waals surface area (Å²) in [6, 6.07) is 18.6. The van der Waals surface area contributed by atoms with E-state index < -0.39 is 6.10 Å². The molecule has 0 aliphatic carbocycles. The van der Waals surface area contributed by atoms with Gasteiger partial charge in [-0.3, -0.25) is 9.69 Å². The number of carbonyl (C=O) groups is 1. The third-order valence-corrected chi connectivity index (χ3v) is 5.18. The third kappa shape index (κ3) is 6.08. The van der Waals surface area contributed by atoms with Crippen LogP contribution in [0.5, 0.6) is 0 Å². The number of amides is 1. The van der Waals surface area contributed by atoms with Crippen molar-refractivity contribution in [2.24, 2.45) is 0 Å². The molecule has 5 nitrogen and oxygen atoms in total. The number of nitrogens with one attached hydrogen (secondary N) is 1. The molecule has 0 bridgehead atoms. The van der Waals surface area contributed by atoms with Gasteiger partial charge in [0.2, 0.25) is 5.91 Å². The van der Waals surface area contributed by atoms with Crippen LogP contribution < -0.4 is 10.2 Å². The lowest BCUT2D eigenvalue weighted by Crippen LogP contribution is -2.49. The molecule has 2 aromatic carbocycles. The van der Waals surface area contributed by atoms with Gasteiger partial charge in [0, 0.05) is 45.0 Å². The van der Waals surface area contributed by atoms with Crippen LogP contribution in [0.3, 0.4) is 0 Å². The summed E-state index contributed by atoms with van der Waals surface area (Å²) in [5, 5.41) is 3.00. The largest absolute Gasteiger partial charge is 0.369 e. The molecule has 1 atom stereocenters. The summed E-state index contributed by atoms with van der Waals surface area (Å²) < 4.78 is 5.67. The van der Waals surface area contributed by atoms with E-state index in [1.165, 1.54) is 11.3 Å². The highest BCUT2D eigenvalue weighted by Crippen LogP contribution is 2.17. The van der Waals surface area contributed by atoms with Gasteiger partial charge in [-0.05, 0) is 37.1 Å². The molecular weight excluding hydrogens is 350 g/mol. The zero-order valence-corrected chi connectivity index (χ0v) is 16.9. The van der Waals surface area contributed by atoms with Crippen molar-refractivity contribution in [2.45, 2.75) is 26.6 Å². The molecule has 0 unspecified atom stereocenters. The van der Waals surface area contributed by atoms with Crippen LogP contribution in [-0.2, 0) is 16.1 Å². The van der Waals surface area contributed by atoms with Gasteiger partial charge in [-0.2, -0.15) is 0 Å². The third-order valence-electron chi connectivity index (χ3n) is 5.18. The highest BCUT2D eigenvalue weighted by molar-refractivity contribution is 5.80. The number of ether oxygens (including phenoxy) is 1. The van der Waals surface area contributed by atoms with Crippen LogP contribution in [0.2, 0.25) is 0 Å². The fourth-order valence-corrected chi connectivity index (χ4v) is 3.41. The molecule has 1 amide bonds. The second kappa shape index (κ2) is 10.2. The lowest BCUT2D eigenvalue weighted by Gasteiger charge is -2.36. The minimum Gasteiger partial charge on any atom is -0.369 e. The minimum atomic E-state index is -0.446. The Morgan fingerprint density at radius 1 is 1.07 bits per heavy atom. The Labute approximate surface area is 168 Å². The maximum atomic E-state index is 12.2. The predicted octanol–water partition coefficient (Wildman–Crippen LogP) is 2.84. The second-order valence-electron chi connectivity index (χ2n) is 7.40. The highest BCUT2D eigenvalue weighted by atomic mass is 16.5. The van der Waals surface area contributed by atoms with Gasteiger partial charge in [0.15, 0.2) is 0 Å². The second-order valence-corrected chi connectivity index (χ2v) is 7.40. The minimum absolute atomic E-state index is 0.0469. The fraction of sp³-hybridized carbons (Fsp3) is 0.435. The summed E-state index contributed by atoms with van der Waals surface area (Å²) in [4.78, 5) is 17.0. The van der Waals surface area contributed by atoms with Gasteiger partial charge in [-0.25, -0.2) is 0 Å². The maximum Gasteiger partial charge on any atom is 0.248 e. The Morgan fingerprint density at radius 3 is 2.54 bits per heavy atom. The molecule has 3 rings (SSSR count). The smallest absolute Gasteiger partial charge is 0.248 e. The standard InChI is InChI=1S/C23H31N3O2/c1-19-7-6-10-22(17-19)26-15-13-25(14-16-26)12-11-24-23(27)20(2)28-18-21-8-4-3-5-9-21/h3-10,17,20H,11-16,18H2,1-2H3,(H,24,27)/t20-/m1/s1. The molecule has 0 aromatic heterocycles. The van der Waals surface area contributed by atoms with Crippen LogP contribution in [-0.4, -0.2) is 56.2 Å². The number of aryl methyl sites for hydroxylation is 1. The van der Waals surface area contributed by atoms with Crippen molar-refractivity contribution < 1.29 is 9.53 Å². The van der Waals surface area contributed by atoms with E-state index >= 15 is 0 Å². The van der Waals surface area contributed by atoms with Crippen molar-refractivity contribution in [3.63, 3.8) is 0 Å². The van der Waals surface area contributed by atoms with Gasteiger partial charge >= 0.3 is 0 Å². The van der Waals surface area contributed by atoms with Gasteiger partial charge in [-0.15, -0.1) is 0 Å². The Morgan fingerprint density at radius 2 is 1.82 bits per heavy atom. The van der Waals surface area contributed by atoms with E-state index in [2.05, 4.69) is 46.3 Å². The first kappa shape index (κ1) is 20.4. The quantitative estimate of drug-likeness (QED) is 0.764. The molecule has 150 valence electrons. The van der Waals surface area contributed by atoms with Gasteiger partial charge in [-0.1, -0.05) is 42.5 Å². The molecule has 1 saturated heterocycles. The Balaban J connectivity index is 1.32. The first-order valence-corrected chi connectivity index (χ1v) is 10.1. The number of hydrogen-bond donors (Lipinski definition) is 1. The molecule has 0 radical (unpaired) electrons. The van der Waals surface area contributed by atoms with E-state index in [0.717, 1.165) is 38.3 Å². The molecular formula is C23H31N3O2. The fourth-order valence-electron chi connectivity index (χ4n) is 3.41. The SMILES string of the molecule is Cc1cccc(N2CCN(CCNC(=O)[C@@H](C)OCc3ccccc3)CC2)c1. The Kier molecular flexibility index (Phi) is 7.46. The van der Waals surface area contributed by atoms with Gasteiger partial charge in [0.05, 0.1) is 6.61 Å². The van der Waals surface area contributed by atoms with E-state index in [1.54, 1.807) is 6.92 Å². The van der Waals surface area contributed by atoms with Crippen LogP contribution in [0.1, 0.15) is 18.1 Å². The highest BCUT2D eigenvalue weighted by Gasteiger charge is 2.18. The first-order valence-electron chi connectivity index (χ1n) is 10.1. The number of benzene rings is 2. The van der Waals surface area contributed by atoms with E-state index in [9.17, 15) is 4.79 Å². The van der Waals surface area contributed by atoms with E-state index in [-0.39, 0.29) is 5.91 Å². The summed E-state index contributed by atoms with van der Waals surface area (Å²) in [5.74, 6) is -0.0469. The molecule has 28 heavy (non-hydrogen) atoms. The summed E-state index contributed by atoms with van der Waals surface area (Å²) >= 11 is 0. The first-order chi connectivity index (χ1) is 13.6. The number of hydrogen-bond acceptors (Lipinski definition) is 4. The van der Waals surface area contributed by atoms with Crippen molar-refractivity contribution in [1.29, 1.82) is 0 Å². The summed E-state index contributed by atoms with van der Waals surface area (Å²) in [6.45, 7) is 10.00. The van der Waals surface area contributed by atoms with Crippen molar-refractivity contribution in [3.05, 3.63) is 65.7 Å². The van der Waals surface area contributed by atoms with Crippen LogP contribution in [0.4, 0.5) is 5.69 Å². The predicted molar refractivity (Wildman–Crippen MR) is 114 cm³/mol. The molecule has 1 fully saturated rings. The molecule has 2 aromatic rings. The van der Waals surface area contributed by atoms with E-state index in [0.29, 0.717) is 13.2 Å². The summed E-state index contributed by atoms with van der Waals surface area (Å²) in [5.41, 5.74) is 3.68. The molecule has 1 N–H and O–H groups in total. The number of piperazine rings is 1. The lowest BCUT2D eigenvalue weighted by atomic mass is 10.2.